The van der Waals surface area contributed by atoms with Crippen LogP contribution < -0.4 is 9.64 Å². The number of benzene rings is 3. The summed E-state index contributed by atoms with van der Waals surface area (Å²) in [7, 11) is 1.49. The Balaban J connectivity index is 1.88. The van der Waals surface area contributed by atoms with Crippen molar-refractivity contribution in [2.45, 2.75) is 12.5 Å². The van der Waals surface area contributed by atoms with Crippen LogP contribution in [0.4, 0.5) is 11.4 Å². The highest BCUT2D eigenvalue weighted by Crippen LogP contribution is 2.42. The van der Waals surface area contributed by atoms with Crippen molar-refractivity contribution in [3.8, 4) is 5.75 Å². The maximum Gasteiger partial charge on any atom is 0.307 e. The van der Waals surface area contributed by atoms with Crippen LogP contribution >= 0.6 is 0 Å². The monoisotopic (exact) mass is 488 g/mol. The molecule has 4 rings (SSSR count). The van der Waals surface area contributed by atoms with Gasteiger partial charge in [-0.3, -0.25) is 29.4 Å². The van der Waals surface area contributed by atoms with Gasteiger partial charge >= 0.3 is 5.97 Å². The van der Waals surface area contributed by atoms with Gasteiger partial charge in [-0.05, 0) is 35.4 Å². The lowest BCUT2D eigenvalue weighted by atomic mass is 9.95. The number of anilines is 1. The Hall–Kier alpha value is -4.99. The van der Waals surface area contributed by atoms with Crippen LogP contribution in [0.2, 0.25) is 0 Å². The molecule has 182 valence electrons. The molecular formula is C26H20N2O8. The average Bonchev–Trinajstić information content (AvgIpc) is 3.14. The number of rotatable bonds is 7. The van der Waals surface area contributed by atoms with Crippen LogP contribution in [0, 0.1) is 10.1 Å². The average molecular weight is 488 g/mol. The Labute approximate surface area is 204 Å². The van der Waals surface area contributed by atoms with E-state index in [4.69, 9.17) is 9.84 Å². The molecule has 1 atom stereocenters. The van der Waals surface area contributed by atoms with E-state index in [-0.39, 0.29) is 23.2 Å². The molecule has 1 aliphatic heterocycles. The van der Waals surface area contributed by atoms with Crippen molar-refractivity contribution in [1.82, 2.24) is 0 Å². The fraction of sp³-hybridized carbons (Fsp3) is 0.115. The number of carboxylic acid groups (broad SMARTS) is 1. The summed E-state index contributed by atoms with van der Waals surface area (Å²) in [6, 6.07) is 16.8. The highest BCUT2D eigenvalue weighted by Gasteiger charge is 2.47. The van der Waals surface area contributed by atoms with Crippen molar-refractivity contribution < 1.29 is 34.3 Å². The van der Waals surface area contributed by atoms with Crippen molar-refractivity contribution >= 4 is 34.8 Å². The molecule has 0 aliphatic carbocycles. The van der Waals surface area contributed by atoms with Gasteiger partial charge in [0.05, 0.1) is 30.1 Å². The summed E-state index contributed by atoms with van der Waals surface area (Å²) in [6.07, 6.45) is -0.214. The molecule has 1 amide bonds. The fourth-order valence-corrected chi connectivity index (χ4v) is 4.07. The predicted molar refractivity (Wildman–Crippen MR) is 129 cm³/mol. The van der Waals surface area contributed by atoms with E-state index < -0.39 is 34.4 Å². The lowest BCUT2D eigenvalue weighted by Crippen LogP contribution is -2.29. The topological polar surface area (TPSA) is 147 Å². The Morgan fingerprint density at radius 1 is 1.03 bits per heavy atom. The minimum atomic E-state index is -1.06. The van der Waals surface area contributed by atoms with Crippen molar-refractivity contribution in [2.24, 2.45) is 0 Å². The molecule has 10 nitrogen and oxygen atoms in total. The first-order chi connectivity index (χ1) is 17.2. The summed E-state index contributed by atoms with van der Waals surface area (Å²) in [4.78, 5) is 49.2. The molecule has 0 aromatic heterocycles. The second-order valence-corrected chi connectivity index (χ2v) is 7.99. The van der Waals surface area contributed by atoms with E-state index in [2.05, 4.69) is 0 Å². The van der Waals surface area contributed by atoms with E-state index in [1.807, 2.05) is 0 Å². The number of aliphatic carboxylic acids is 1. The molecule has 1 saturated heterocycles. The van der Waals surface area contributed by atoms with Gasteiger partial charge in [-0.15, -0.1) is 0 Å². The van der Waals surface area contributed by atoms with E-state index >= 15 is 0 Å². The van der Waals surface area contributed by atoms with E-state index in [0.717, 1.165) is 6.07 Å². The van der Waals surface area contributed by atoms with E-state index in [0.29, 0.717) is 22.6 Å². The third-order valence-electron chi connectivity index (χ3n) is 5.78. The third-order valence-corrected chi connectivity index (χ3v) is 5.78. The maximum atomic E-state index is 13.2. The first-order valence-electron chi connectivity index (χ1n) is 10.7. The lowest BCUT2D eigenvalue weighted by molar-refractivity contribution is -0.384. The number of carbonyl (C=O) groups is 3. The number of ketones is 1. The first-order valence-corrected chi connectivity index (χ1v) is 10.7. The molecule has 0 saturated carbocycles. The van der Waals surface area contributed by atoms with Gasteiger partial charge < -0.3 is 14.9 Å². The quantitative estimate of drug-likeness (QED) is 0.168. The number of non-ortho nitro benzene ring substituents is 1. The number of aliphatic hydroxyl groups is 1. The van der Waals surface area contributed by atoms with Gasteiger partial charge in [0.2, 0.25) is 0 Å². The Kier molecular flexibility index (Phi) is 6.51. The molecule has 0 radical (unpaired) electrons. The fourth-order valence-electron chi connectivity index (χ4n) is 4.07. The molecular weight excluding hydrogens is 468 g/mol. The SMILES string of the molecule is COc1ccc(C2/C(=C(/O)c3cccc([N+](=O)[O-])c3)C(=O)C(=O)N2c2ccc(CC(=O)O)cc2)cc1. The number of amides is 1. The highest BCUT2D eigenvalue weighted by atomic mass is 16.6. The number of nitrogens with zero attached hydrogens (tertiary/aromatic N) is 2. The van der Waals surface area contributed by atoms with Crippen LogP contribution in [-0.2, 0) is 20.8 Å². The zero-order chi connectivity index (χ0) is 26.0. The van der Waals surface area contributed by atoms with Crippen LogP contribution in [0.1, 0.15) is 22.7 Å². The molecule has 1 fully saturated rings. The van der Waals surface area contributed by atoms with Gasteiger partial charge in [0.25, 0.3) is 17.4 Å². The normalized spacial score (nSPS) is 16.7. The summed E-state index contributed by atoms with van der Waals surface area (Å²) in [5.74, 6) is -2.91. The number of carbonyl (C=O) groups excluding carboxylic acids is 2. The van der Waals surface area contributed by atoms with Crippen molar-refractivity contribution in [3.63, 3.8) is 0 Å². The molecule has 10 heteroatoms. The third kappa shape index (κ3) is 4.51. The largest absolute Gasteiger partial charge is 0.507 e. The molecule has 36 heavy (non-hydrogen) atoms. The number of nitro groups is 1. The minimum absolute atomic E-state index is 0.0116. The maximum absolute atomic E-state index is 13.2. The zero-order valence-corrected chi connectivity index (χ0v) is 19.0. The first kappa shape index (κ1) is 24.1. The van der Waals surface area contributed by atoms with Crippen molar-refractivity contribution in [3.05, 3.63) is 105 Å². The number of hydrogen-bond acceptors (Lipinski definition) is 7. The van der Waals surface area contributed by atoms with Gasteiger partial charge in [0.1, 0.15) is 11.5 Å². The lowest BCUT2D eigenvalue weighted by Gasteiger charge is -2.25. The smallest absolute Gasteiger partial charge is 0.307 e. The molecule has 2 N–H and O–H groups in total. The number of aliphatic hydroxyl groups excluding tert-OH is 1. The predicted octanol–water partition coefficient (Wildman–Crippen LogP) is 3.86. The van der Waals surface area contributed by atoms with Crippen LogP contribution in [0.3, 0.4) is 0 Å². The molecule has 3 aromatic rings. The van der Waals surface area contributed by atoms with Gasteiger partial charge in [-0.25, -0.2) is 0 Å². The molecule has 3 aromatic carbocycles. The van der Waals surface area contributed by atoms with Crippen LogP contribution in [0.25, 0.3) is 5.76 Å². The molecule has 1 heterocycles. The number of ether oxygens (including phenoxy) is 1. The minimum Gasteiger partial charge on any atom is -0.507 e. The van der Waals surface area contributed by atoms with Gasteiger partial charge in [-0.1, -0.05) is 36.4 Å². The summed E-state index contributed by atoms with van der Waals surface area (Å²) in [5, 5.41) is 31.4. The Morgan fingerprint density at radius 3 is 2.28 bits per heavy atom. The molecule has 1 aliphatic rings. The number of Topliss-reactive ketones (excluding diaryl/α,β-unsaturated/α-hetero) is 1. The standard InChI is InChI=1S/C26H20N2O8/c1-36-20-11-7-16(8-12-20)23-22(24(31)17-3-2-4-19(14-17)28(34)35)25(32)26(33)27(23)18-9-5-15(6-10-18)13-21(29)30/h2-12,14,23,31H,13H2,1H3,(H,29,30)/b24-22-. The van der Waals surface area contributed by atoms with E-state index in [9.17, 15) is 29.6 Å². The van der Waals surface area contributed by atoms with Gasteiger partial charge in [0, 0.05) is 23.4 Å². The Morgan fingerprint density at radius 2 is 1.69 bits per heavy atom. The summed E-state index contributed by atoms with van der Waals surface area (Å²) < 4.78 is 5.19. The molecule has 0 bridgehead atoms. The number of methoxy groups -OCH3 is 1. The van der Waals surface area contributed by atoms with E-state index in [1.54, 1.807) is 24.3 Å². The second-order valence-electron chi connectivity index (χ2n) is 7.99. The van der Waals surface area contributed by atoms with Crippen LogP contribution in [0.5, 0.6) is 5.75 Å². The Bertz CT molecular complexity index is 1390. The molecule has 0 spiro atoms. The van der Waals surface area contributed by atoms with Crippen LogP contribution in [-0.4, -0.2) is 39.9 Å². The van der Waals surface area contributed by atoms with Gasteiger partial charge in [-0.2, -0.15) is 0 Å². The number of nitro benzene ring substituents is 1. The van der Waals surface area contributed by atoms with E-state index in [1.165, 1.54) is 54.5 Å². The number of carboxylic acids is 1. The van der Waals surface area contributed by atoms with Crippen molar-refractivity contribution in [1.29, 1.82) is 0 Å². The van der Waals surface area contributed by atoms with Gasteiger partial charge in [0.15, 0.2) is 0 Å². The zero-order valence-electron chi connectivity index (χ0n) is 19.0. The summed E-state index contributed by atoms with van der Waals surface area (Å²) in [5.41, 5.74) is 0.781. The number of hydrogen-bond donors (Lipinski definition) is 2. The summed E-state index contributed by atoms with van der Waals surface area (Å²) >= 11 is 0. The van der Waals surface area contributed by atoms with Crippen molar-refractivity contribution in [2.75, 3.05) is 12.0 Å². The summed E-state index contributed by atoms with van der Waals surface area (Å²) in [6.45, 7) is 0. The molecule has 1 unspecified atom stereocenters. The highest BCUT2D eigenvalue weighted by molar-refractivity contribution is 6.51. The van der Waals surface area contributed by atoms with Crippen LogP contribution in [0.15, 0.2) is 78.4 Å². The second kappa shape index (κ2) is 9.71.